The number of rotatable bonds is 5. The molecule has 3 rings (SSSR count). The summed E-state index contributed by atoms with van der Waals surface area (Å²) < 4.78 is 37.9. The lowest BCUT2D eigenvalue weighted by Gasteiger charge is -2.06. The summed E-state index contributed by atoms with van der Waals surface area (Å²) in [5.41, 5.74) is 1.03. The van der Waals surface area contributed by atoms with Gasteiger partial charge in [-0.3, -0.25) is 4.79 Å². The van der Waals surface area contributed by atoms with Gasteiger partial charge in [-0.1, -0.05) is 12.1 Å². The van der Waals surface area contributed by atoms with Crippen LogP contribution in [0.3, 0.4) is 0 Å². The highest BCUT2D eigenvalue weighted by Gasteiger charge is 2.30. The number of benzene rings is 1. The molecule has 2 aromatic heterocycles. The van der Waals surface area contributed by atoms with E-state index in [2.05, 4.69) is 15.3 Å². The van der Waals surface area contributed by atoms with Crippen LogP contribution in [-0.4, -0.2) is 22.1 Å². The van der Waals surface area contributed by atoms with Crippen molar-refractivity contribution in [1.29, 1.82) is 0 Å². The molecule has 0 saturated heterocycles. The Morgan fingerprint density at radius 3 is 2.52 bits per heavy atom. The Balaban J connectivity index is 1.64. The van der Waals surface area contributed by atoms with Crippen molar-refractivity contribution in [2.75, 3.05) is 11.6 Å². The number of nitrogens with one attached hydrogen (secondary N) is 1. The molecule has 0 atom stereocenters. The van der Waals surface area contributed by atoms with Crippen molar-refractivity contribution in [3.05, 3.63) is 59.2 Å². The van der Waals surface area contributed by atoms with E-state index in [0.29, 0.717) is 22.0 Å². The summed E-state index contributed by atoms with van der Waals surface area (Å²) in [6.07, 6.45) is -0.801. The lowest BCUT2D eigenvalue weighted by Crippen LogP contribution is -2.14. The van der Waals surface area contributed by atoms with Crippen molar-refractivity contribution < 1.29 is 18.0 Å². The maximum absolute atomic E-state index is 12.6. The highest BCUT2D eigenvalue weighted by atomic mass is 32.2. The molecular formula is C18H14F3N3OS2. The standard InChI is InChI=1S/C18H14F3N3OS2/c1-26-16-7-6-13(9-22-16)23-15(25)8-14-10-27-17(24-14)11-2-4-12(5-3-11)18(19,20)21/h2-7,9-10H,8H2,1H3,(H,23,25). The van der Waals surface area contributed by atoms with Crippen LogP contribution in [0.15, 0.2) is 53.0 Å². The first-order chi connectivity index (χ1) is 12.8. The molecule has 0 aliphatic carbocycles. The van der Waals surface area contributed by atoms with Gasteiger partial charge in [-0.15, -0.1) is 23.1 Å². The predicted octanol–water partition coefficient (Wildman–Crippen LogP) is 5.13. The number of hydrogen-bond donors (Lipinski definition) is 1. The molecule has 3 aromatic rings. The fraction of sp³-hybridized carbons (Fsp3) is 0.167. The molecule has 0 unspecified atom stereocenters. The number of hydrogen-bond acceptors (Lipinski definition) is 5. The Bertz CT molecular complexity index is 922. The Kier molecular flexibility index (Phi) is 5.81. The molecule has 4 nitrogen and oxygen atoms in total. The van der Waals surface area contributed by atoms with Crippen molar-refractivity contribution in [2.45, 2.75) is 17.6 Å². The predicted molar refractivity (Wildman–Crippen MR) is 101 cm³/mol. The molecule has 1 aromatic carbocycles. The number of thiazole rings is 1. The first-order valence-electron chi connectivity index (χ1n) is 7.77. The molecule has 0 aliphatic heterocycles. The van der Waals surface area contributed by atoms with Crippen LogP contribution in [0.25, 0.3) is 10.6 Å². The van der Waals surface area contributed by atoms with E-state index in [1.165, 1.54) is 35.2 Å². The lowest BCUT2D eigenvalue weighted by molar-refractivity contribution is -0.137. The van der Waals surface area contributed by atoms with Crippen LogP contribution in [0.1, 0.15) is 11.3 Å². The Morgan fingerprint density at radius 2 is 1.93 bits per heavy atom. The number of alkyl halides is 3. The molecule has 0 radical (unpaired) electrons. The van der Waals surface area contributed by atoms with Crippen LogP contribution < -0.4 is 5.32 Å². The van der Waals surface area contributed by atoms with E-state index >= 15 is 0 Å². The van der Waals surface area contributed by atoms with Gasteiger partial charge in [0.2, 0.25) is 5.91 Å². The first kappa shape index (κ1) is 19.4. The fourth-order valence-corrected chi connectivity index (χ4v) is 3.46. The molecule has 0 aliphatic rings. The summed E-state index contributed by atoms with van der Waals surface area (Å²) in [5.74, 6) is -0.238. The van der Waals surface area contributed by atoms with Crippen molar-refractivity contribution in [1.82, 2.24) is 9.97 Å². The summed E-state index contributed by atoms with van der Waals surface area (Å²) in [7, 11) is 0. The highest BCUT2D eigenvalue weighted by Crippen LogP contribution is 2.31. The first-order valence-corrected chi connectivity index (χ1v) is 9.87. The van der Waals surface area contributed by atoms with Crippen molar-refractivity contribution in [3.8, 4) is 10.6 Å². The third-order valence-corrected chi connectivity index (χ3v) is 5.18. The SMILES string of the molecule is CSc1ccc(NC(=O)Cc2csc(-c3ccc(C(F)(F)F)cc3)n2)cn1. The van der Waals surface area contributed by atoms with Gasteiger partial charge in [0.05, 0.1) is 34.6 Å². The van der Waals surface area contributed by atoms with Crippen LogP contribution in [0.5, 0.6) is 0 Å². The maximum Gasteiger partial charge on any atom is 0.416 e. The molecule has 9 heteroatoms. The topological polar surface area (TPSA) is 54.9 Å². The minimum absolute atomic E-state index is 0.0708. The third kappa shape index (κ3) is 5.08. The van der Waals surface area contributed by atoms with E-state index < -0.39 is 11.7 Å². The molecule has 0 fully saturated rings. The smallest absolute Gasteiger partial charge is 0.324 e. The molecule has 1 amide bonds. The molecule has 0 bridgehead atoms. The molecule has 1 N–H and O–H groups in total. The normalized spacial score (nSPS) is 11.4. The second kappa shape index (κ2) is 8.10. The number of pyridine rings is 1. The molecule has 27 heavy (non-hydrogen) atoms. The average Bonchev–Trinajstić information content (AvgIpc) is 3.10. The summed E-state index contributed by atoms with van der Waals surface area (Å²) in [4.78, 5) is 20.7. The largest absolute Gasteiger partial charge is 0.416 e. The molecule has 0 saturated carbocycles. The lowest BCUT2D eigenvalue weighted by atomic mass is 10.1. The molecule has 2 heterocycles. The van der Waals surface area contributed by atoms with Gasteiger partial charge in [0.1, 0.15) is 5.01 Å². The van der Waals surface area contributed by atoms with Crippen LogP contribution in [0.2, 0.25) is 0 Å². The monoisotopic (exact) mass is 409 g/mol. The zero-order valence-corrected chi connectivity index (χ0v) is 15.7. The molecule has 0 spiro atoms. The second-order valence-electron chi connectivity index (χ2n) is 5.53. The van der Waals surface area contributed by atoms with E-state index in [4.69, 9.17) is 0 Å². The minimum Gasteiger partial charge on any atom is -0.324 e. The van der Waals surface area contributed by atoms with Crippen molar-refractivity contribution in [3.63, 3.8) is 0 Å². The van der Waals surface area contributed by atoms with E-state index in [-0.39, 0.29) is 12.3 Å². The maximum atomic E-state index is 12.6. The van der Waals surface area contributed by atoms with Gasteiger partial charge in [-0.25, -0.2) is 9.97 Å². The summed E-state index contributed by atoms with van der Waals surface area (Å²) in [6, 6.07) is 8.38. The van der Waals surface area contributed by atoms with Gasteiger partial charge in [0, 0.05) is 10.9 Å². The average molecular weight is 409 g/mol. The quantitative estimate of drug-likeness (QED) is 0.594. The number of halogens is 3. The van der Waals surface area contributed by atoms with Crippen LogP contribution >= 0.6 is 23.1 Å². The fourth-order valence-electron chi connectivity index (χ4n) is 2.27. The van der Waals surface area contributed by atoms with Crippen LogP contribution in [0, 0.1) is 0 Å². The molecular weight excluding hydrogens is 395 g/mol. The summed E-state index contributed by atoms with van der Waals surface area (Å²) in [5, 5.41) is 5.89. The van der Waals surface area contributed by atoms with Gasteiger partial charge in [0.15, 0.2) is 0 Å². The summed E-state index contributed by atoms with van der Waals surface area (Å²) >= 11 is 2.79. The summed E-state index contributed by atoms with van der Waals surface area (Å²) in [6.45, 7) is 0. The van der Waals surface area contributed by atoms with Gasteiger partial charge < -0.3 is 5.32 Å². The number of carbonyl (C=O) groups is 1. The van der Waals surface area contributed by atoms with E-state index in [1.54, 1.807) is 17.6 Å². The third-order valence-electron chi connectivity index (χ3n) is 3.58. The second-order valence-corrected chi connectivity index (χ2v) is 7.22. The van der Waals surface area contributed by atoms with Gasteiger partial charge in [-0.05, 0) is 30.5 Å². The van der Waals surface area contributed by atoms with Gasteiger partial charge >= 0.3 is 6.18 Å². The van der Waals surface area contributed by atoms with E-state index in [9.17, 15) is 18.0 Å². The van der Waals surface area contributed by atoms with Crippen molar-refractivity contribution in [2.24, 2.45) is 0 Å². The number of anilines is 1. The highest BCUT2D eigenvalue weighted by molar-refractivity contribution is 7.98. The Labute approximate surface area is 161 Å². The number of thioether (sulfide) groups is 1. The van der Waals surface area contributed by atoms with Gasteiger partial charge in [-0.2, -0.15) is 13.2 Å². The van der Waals surface area contributed by atoms with E-state index in [1.807, 2.05) is 12.3 Å². The Morgan fingerprint density at radius 1 is 1.19 bits per heavy atom. The Hall–Kier alpha value is -2.39. The number of nitrogens with zero attached hydrogens (tertiary/aromatic N) is 2. The zero-order chi connectivity index (χ0) is 19.4. The van der Waals surface area contributed by atoms with Gasteiger partial charge in [0.25, 0.3) is 0 Å². The zero-order valence-electron chi connectivity index (χ0n) is 14.1. The molecule has 140 valence electrons. The minimum atomic E-state index is -4.37. The van der Waals surface area contributed by atoms with Crippen LogP contribution in [0.4, 0.5) is 18.9 Å². The number of amides is 1. The van der Waals surface area contributed by atoms with Crippen LogP contribution in [-0.2, 0) is 17.4 Å². The number of carbonyl (C=O) groups excluding carboxylic acids is 1. The van der Waals surface area contributed by atoms with E-state index in [0.717, 1.165) is 17.2 Å². The number of aromatic nitrogens is 2. The van der Waals surface area contributed by atoms with Crippen molar-refractivity contribution >= 4 is 34.7 Å².